The van der Waals surface area contributed by atoms with Crippen LogP contribution in [0, 0.1) is 0 Å². The summed E-state index contributed by atoms with van der Waals surface area (Å²) < 4.78 is 31.6. The van der Waals surface area contributed by atoms with E-state index in [0.29, 0.717) is 0 Å². The second-order valence-electron chi connectivity index (χ2n) is 6.31. The molecule has 4 unspecified atom stereocenters. The molecule has 0 aliphatic carbocycles. The maximum Gasteiger partial charge on any atom is 0.394 e. The lowest BCUT2D eigenvalue weighted by molar-refractivity contribution is 0.140. The minimum Gasteiger partial charge on any atom is -0.387 e. The molecule has 0 heterocycles. The van der Waals surface area contributed by atoms with E-state index in [0.717, 1.165) is 11.1 Å². The number of aliphatic hydroxyl groups excluding tert-OH is 2. The van der Waals surface area contributed by atoms with E-state index in [4.69, 9.17) is 17.5 Å². The summed E-state index contributed by atoms with van der Waals surface area (Å²) in [4.78, 5) is 0. The van der Waals surface area contributed by atoms with E-state index in [1.807, 2.05) is 88.6 Å². The Bertz CT molecular complexity index is 700. The highest BCUT2D eigenvalue weighted by atomic mass is 32.3. The molecule has 0 aliphatic heterocycles. The summed E-state index contributed by atoms with van der Waals surface area (Å²) in [7, 11) is -0.979. The highest BCUT2D eigenvalue weighted by Crippen LogP contribution is 2.16. The average Bonchev–Trinajstić information content (AvgIpc) is 2.72. The lowest BCUT2D eigenvalue weighted by Gasteiger charge is -2.17. The Morgan fingerprint density at radius 2 is 0.931 bits per heavy atom. The molecule has 2 aromatic carbocycles. The number of benzene rings is 2. The maximum absolute atomic E-state index is 9.73. The minimum absolute atomic E-state index is 0.0902. The van der Waals surface area contributed by atoms with Crippen LogP contribution in [0.1, 0.15) is 37.2 Å². The van der Waals surface area contributed by atoms with Gasteiger partial charge in [0.05, 0.1) is 12.2 Å². The predicted molar refractivity (Wildman–Crippen MR) is 114 cm³/mol. The quantitative estimate of drug-likeness (QED) is 0.384. The average molecular weight is 429 g/mol. The summed E-state index contributed by atoms with van der Waals surface area (Å²) >= 11 is 0. The van der Waals surface area contributed by atoms with E-state index in [2.05, 4.69) is 10.6 Å². The van der Waals surface area contributed by atoms with Gasteiger partial charge in [-0.05, 0) is 39.1 Å². The van der Waals surface area contributed by atoms with Crippen molar-refractivity contribution >= 4 is 10.4 Å². The van der Waals surface area contributed by atoms with Crippen molar-refractivity contribution in [2.45, 2.75) is 38.1 Å². The molecular weight excluding hydrogens is 396 g/mol. The Kier molecular flexibility index (Phi) is 13.3. The van der Waals surface area contributed by atoms with Crippen LogP contribution in [0.25, 0.3) is 0 Å². The van der Waals surface area contributed by atoms with Gasteiger partial charge in [-0.25, -0.2) is 0 Å². The topological polar surface area (TPSA) is 139 Å². The van der Waals surface area contributed by atoms with Gasteiger partial charge in [-0.2, -0.15) is 8.42 Å². The van der Waals surface area contributed by atoms with Crippen molar-refractivity contribution in [2.24, 2.45) is 0 Å². The molecule has 164 valence electrons. The van der Waals surface area contributed by atoms with E-state index < -0.39 is 22.6 Å². The molecule has 2 aromatic rings. The van der Waals surface area contributed by atoms with Crippen molar-refractivity contribution < 1.29 is 27.7 Å². The first kappa shape index (κ1) is 27.1. The molecule has 0 spiro atoms. The molecule has 2 rings (SSSR count). The zero-order chi connectivity index (χ0) is 22.4. The van der Waals surface area contributed by atoms with E-state index in [1.54, 1.807) is 0 Å². The Morgan fingerprint density at radius 3 is 1.14 bits per heavy atom. The predicted octanol–water partition coefficient (Wildman–Crippen LogP) is 2.00. The van der Waals surface area contributed by atoms with Crippen molar-refractivity contribution in [3.05, 3.63) is 71.8 Å². The Morgan fingerprint density at radius 1 is 0.690 bits per heavy atom. The second kappa shape index (κ2) is 14.2. The third kappa shape index (κ3) is 13.1. The van der Waals surface area contributed by atoms with Crippen LogP contribution in [0.3, 0.4) is 0 Å². The highest BCUT2D eigenvalue weighted by Gasteiger charge is 2.13. The van der Waals surface area contributed by atoms with Crippen LogP contribution in [0.2, 0.25) is 0 Å². The van der Waals surface area contributed by atoms with Crippen LogP contribution in [-0.4, -0.2) is 53.9 Å². The number of aliphatic hydroxyl groups is 2. The van der Waals surface area contributed by atoms with Crippen LogP contribution >= 0.6 is 0 Å². The van der Waals surface area contributed by atoms with Gasteiger partial charge in [-0.15, -0.1) is 0 Å². The molecule has 0 bridgehead atoms. The van der Waals surface area contributed by atoms with Crippen molar-refractivity contribution in [3.8, 4) is 0 Å². The molecule has 0 amide bonds. The van der Waals surface area contributed by atoms with Crippen molar-refractivity contribution in [1.29, 1.82) is 0 Å². The minimum atomic E-state index is -4.67. The van der Waals surface area contributed by atoms with E-state index in [1.165, 1.54) is 0 Å². The molecule has 9 heteroatoms. The number of nitrogens with one attached hydrogen (secondary N) is 2. The normalized spacial score (nSPS) is 14.9. The molecule has 0 saturated carbocycles. The smallest absolute Gasteiger partial charge is 0.387 e. The van der Waals surface area contributed by atoms with E-state index >= 15 is 0 Å². The molecule has 0 aromatic heterocycles. The summed E-state index contributed by atoms with van der Waals surface area (Å²) in [6, 6.07) is 19.5. The molecule has 0 fully saturated rings. The lowest BCUT2D eigenvalue weighted by Crippen LogP contribution is -2.28. The summed E-state index contributed by atoms with van der Waals surface area (Å²) in [6.45, 7) is 3.91. The number of likely N-dealkylation sites (N-methyl/N-ethyl adjacent to an activating group) is 2. The number of hydrogen-bond acceptors (Lipinski definition) is 6. The number of hydrogen-bond donors (Lipinski definition) is 6. The Labute approximate surface area is 173 Å². The van der Waals surface area contributed by atoms with Gasteiger partial charge < -0.3 is 20.8 Å². The zero-order valence-electron chi connectivity index (χ0n) is 17.1. The largest absolute Gasteiger partial charge is 0.394 e. The van der Waals surface area contributed by atoms with Crippen molar-refractivity contribution in [2.75, 3.05) is 14.1 Å². The fourth-order valence-electron chi connectivity index (χ4n) is 2.19. The summed E-state index contributed by atoms with van der Waals surface area (Å²) in [5.41, 5.74) is 1.92. The zero-order valence-corrected chi connectivity index (χ0v) is 17.9. The number of rotatable bonds is 6. The summed E-state index contributed by atoms with van der Waals surface area (Å²) in [5.74, 6) is 0. The van der Waals surface area contributed by atoms with Gasteiger partial charge in [0.2, 0.25) is 0 Å². The molecular formula is C20H32N2O6S. The molecule has 0 aliphatic rings. The monoisotopic (exact) mass is 428 g/mol. The van der Waals surface area contributed by atoms with E-state index in [9.17, 15) is 10.2 Å². The van der Waals surface area contributed by atoms with Gasteiger partial charge in [-0.3, -0.25) is 9.11 Å². The fraction of sp³-hybridized carbons (Fsp3) is 0.400. The fourth-order valence-corrected chi connectivity index (χ4v) is 2.19. The third-order valence-corrected chi connectivity index (χ3v) is 4.14. The van der Waals surface area contributed by atoms with Crippen molar-refractivity contribution in [3.63, 3.8) is 0 Å². The molecule has 0 radical (unpaired) electrons. The van der Waals surface area contributed by atoms with Gasteiger partial charge in [0.1, 0.15) is 0 Å². The Hall–Kier alpha value is -1.85. The molecule has 0 saturated heterocycles. The van der Waals surface area contributed by atoms with Crippen LogP contribution in [0.5, 0.6) is 0 Å². The van der Waals surface area contributed by atoms with Gasteiger partial charge >= 0.3 is 10.4 Å². The van der Waals surface area contributed by atoms with E-state index in [-0.39, 0.29) is 12.1 Å². The van der Waals surface area contributed by atoms with Crippen LogP contribution < -0.4 is 10.6 Å². The standard InChI is InChI=1S/2C10H15NO.H2O4S/c2*1-8(11-2)10(12)9-6-4-3-5-7-9;1-5(2,3)4/h2*3-8,10-12H,1-2H3;(H2,1,2,3,4). The first-order valence-electron chi connectivity index (χ1n) is 9.01. The Balaban J connectivity index is 0.000000442. The summed E-state index contributed by atoms with van der Waals surface area (Å²) in [6.07, 6.45) is -0.840. The van der Waals surface area contributed by atoms with Gasteiger partial charge in [0, 0.05) is 12.1 Å². The summed E-state index contributed by atoms with van der Waals surface area (Å²) in [5, 5.41) is 25.5. The van der Waals surface area contributed by atoms with Crippen LogP contribution in [-0.2, 0) is 10.4 Å². The lowest BCUT2D eigenvalue weighted by atomic mass is 10.0. The van der Waals surface area contributed by atoms with Gasteiger partial charge in [0.25, 0.3) is 0 Å². The van der Waals surface area contributed by atoms with Crippen LogP contribution in [0.4, 0.5) is 0 Å². The first-order chi connectivity index (χ1) is 13.5. The van der Waals surface area contributed by atoms with Gasteiger partial charge in [0.15, 0.2) is 0 Å². The molecule has 8 nitrogen and oxygen atoms in total. The first-order valence-corrected chi connectivity index (χ1v) is 10.4. The SMILES string of the molecule is CNC(C)C(O)c1ccccc1.CNC(C)C(O)c1ccccc1.O=S(=O)(O)O. The highest BCUT2D eigenvalue weighted by molar-refractivity contribution is 7.79. The molecule has 6 N–H and O–H groups in total. The third-order valence-electron chi connectivity index (χ3n) is 4.14. The maximum atomic E-state index is 9.73. The second-order valence-corrected chi connectivity index (χ2v) is 7.21. The van der Waals surface area contributed by atoms with Crippen LogP contribution in [0.15, 0.2) is 60.7 Å². The molecule has 4 atom stereocenters. The van der Waals surface area contributed by atoms with Crippen molar-refractivity contribution in [1.82, 2.24) is 10.6 Å². The van der Waals surface area contributed by atoms with Gasteiger partial charge in [-0.1, -0.05) is 60.7 Å². The molecule has 29 heavy (non-hydrogen) atoms.